The van der Waals surface area contributed by atoms with Gasteiger partial charge in [-0.25, -0.2) is 0 Å². The summed E-state index contributed by atoms with van der Waals surface area (Å²) in [5.74, 6) is 1.34. The molecule has 1 aliphatic heterocycles. The molecule has 4 rings (SSSR count). The number of benzene rings is 1. The molecule has 0 radical (unpaired) electrons. The molecule has 3 atom stereocenters. The predicted molar refractivity (Wildman–Crippen MR) is 137 cm³/mol. The largest absolute Gasteiger partial charge is 0.496 e. The number of nitrogens with one attached hydrogen (secondary N) is 1. The van der Waals surface area contributed by atoms with Crippen LogP contribution in [0.5, 0.6) is 0 Å². The van der Waals surface area contributed by atoms with Gasteiger partial charge < -0.3 is 14.6 Å². The highest BCUT2D eigenvalue weighted by Gasteiger charge is 2.30. The Kier molecular flexibility index (Phi) is 7.42. The van der Waals surface area contributed by atoms with E-state index in [0.717, 1.165) is 53.5 Å². The fraction of sp³-hybridized carbons (Fsp3) is 0.517. The number of carbonyl (C=O) groups is 2. The van der Waals surface area contributed by atoms with Gasteiger partial charge in [0.2, 0.25) is 0 Å². The second-order valence-corrected chi connectivity index (χ2v) is 9.99. The maximum absolute atomic E-state index is 13.6. The van der Waals surface area contributed by atoms with E-state index in [1.807, 2.05) is 19.1 Å². The summed E-state index contributed by atoms with van der Waals surface area (Å²) in [7, 11) is 1.59. The number of piperidine rings is 1. The van der Waals surface area contributed by atoms with Gasteiger partial charge in [-0.15, -0.1) is 0 Å². The molecular formula is C29H38N2O3. The maximum atomic E-state index is 13.6. The number of rotatable bonds is 8. The number of Topliss-reactive ketones (excluding diaryl/α,β-unsaturated/α-hetero) is 2. The lowest BCUT2D eigenvalue weighted by Crippen LogP contribution is -2.39. The third kappa shape index (κ3) is 4.63. The van der Waals surface area contributed by atoms with E-state index in [0.29, 0.717) is 48.6 Å². The van der Waals surface area contributed by atoms with Crippen molar-refractivity contribution in [2.24, 2.45) is 5.92 Å². The normalized spacial score (nSPS) is 22.1. The van der Waals surface area contributed by atoms with Crippen molar-refractivity contribution in [1.29, 1.82) is 0 Å². The fourth-order valence-corrected chi connectivity index (χ4v) is 5.93. The Balaban J connectivity index is 1.64. The van der Waals surface area contributed by atoms with Crippen molar-refractivity contribution in [3.05, 3.63) is 58.5 Å². The van der Waals surface area contributed by atoms with Crippen molar-refractivity contribution in [2.45, 2.75) is 78.3 Å². The second kappa shape index (κ2) is 10.3. The number of ketones is 2. The molecule has 2 aromatic rings. The van der Waals surface area contributed by atoms with Crippen molar-refractivity contribution in [3.63, 3.8) is 0 Å². The van der Waals surface area contributed by atoms with Gasteiger partial charge in [0, 0.05) is 52.7 Å². The third-order valence-corrected chi connectivity index (χ3v) is 7.83. The Labute approximate surface area is 203 Å². The van der Waals surface area contributed by atoms with Crippen LogP contribution < -0.4 is 5.32 Å². The number of aromatic nitrogens is 1. The number of hydrogen-bond donors (Lipinski definition) is 1. The summed E-state index contributed by atoms with van der Waals surface area (Å²) >= 11 is 0. The number of methoxy groups -OCH3 is 1. The molecule has 5 nitrogen and oxygen atoms in total. The zero-order chi connectivity index (χ0) is 24.4. The Bertz CT molecular complexity index is 1150. The molecule has 0 amide bonds. The highest BCUT2D eigenvalue weighted by Crippen LogP contribution is 2.37. The van der Waals surface area contributed by atoms with Crippen molar-refractivity contribution in [3.8, 4) is 0 Å². The Morgan fingerprint density at radius 3 is 2.76 bits per heavy atom. The average molecular weight is 463 g/mol. The number of fused-ring (bicyclic) bond motifs is 1. The van der Waals surface area contributed by atoms with Gasteiger partial charge in [0.1, 0.15) is 5.76 Å². The molecule has 1 N–H and O–H groups in total. The maximum Gasteiger partial charge on any atom is 0.166 e. The van der Waals surface area contributed by atoms with Crippen LogP contribution in [-0.4, -0.2) is 35.8 Å². The molecule has 3 unspecified atom stereocenters. The number of ether oxygens (including phenoxy) is 1. The smallest absolute Gasteiger partial charge is 0.166 e. The van der Waals surface area contributed by atoms with Gasteiger partial charge in [-0.2, -0.15) is 0 Å². The second-order valence-electron chi connectivity index (χ2n) is 9.99. The fourth-order valence-electron chi connectivity index (χ4n) is 5.93. The molecule has 1 saturated heterocycles. The van der Waals surface area contributed by atoms with Crippen molar-refractivity contribution in [2.75, 3.05) is 13.7 Å². The minimum Gasteiger partial charge on any atom is -0.496 e. The lowest BCUT2D eigenvalue weighted by atomic mass is 9.86. The monoisotopic (exact) mass is 462 g/mol. The Morgan fingerprint density at radius 2 is 2.03 bits per heavy atom. The summed E-state index contributed by atoms with van der Waals surface area (Å²) in [6.07, 6.45) is 6.49. The predicted octanol–water partition coefficient (Wildman–Crippen LogP) is 6.07. The lowest BCUT2D eigenvalue weighted by molar-refractivity contribution is -0.115. The zero-order valence-corrected chi connectivity index (χ0v) is 21.2. The van der Waals surface area contributed by atoms with Gasteiger partial charge in [-0.3, -0.25) is 9.59 Å². The van der Waals surface area contributed by atoms with Crippen LogP contribution in [0, 0.1) is 12.8 Å². The van der Waals surface area contributed by atoms with Crippen LogP contribution in [0.25, 0.3) is 10.9 Å². The van der Waals surface area contributed by atoms with Crippen LogP contribution >= 0.6 is 0 Å². The first-order chi connectivity index (χ1) is 16.3. The van der Waals surface area contributed by atoms with Crippen LogP contribution in [0.15, 0.2) is 47.2 Å². The van der Waals surface area contributed by atoms with Crippen molar-refractivity contribution in [1.82, 2.24) is 9.88 Å². The first kappa shape index (κ1) is 24.5. The van der Waals surface area contributed by atoms with E-state index in [2.05, 4.69) is 48.9 Å². The summed E-state index contributed by atoms with van der Waals surface area (Å²) < 4.78 is 7.85. The third-order valence-electron chi connectivity index (χ3n) is 7.83. The topological polar surface area (TPSA) is 60.3 Å². The van der Waals surface area contributed by atoms with Crippen LogP contribution in [0.1, 0.15) is 81.4 Å². The summed E-state index contributed by atoms with van der Waals surface area (Å²) in [5.41, 5.74) is 4.60. The molecular weight excluding hydrogens is 424 g/mol. The van der Waals surface area contributed by atoms with Crippen LogP contribution in [0.4, 0.5) is 0 Å². The molecule has 1 fully saturated rings. The van der Waals surface area contributed by atoms with Gasteiger partial charge in [0.15, 0.2) is 11.6 Å². The van der Waals surface area contributed by atoms with Crippen LogP contribution in [0.3, 0.4) is 0 Å². The molecule has 1 aromatic heterocycles. The quantitative estimate of drug-likeness (QED) is 0.484. The molecule has 1 aliphatic carbocycles. The molecule has 0 saturated carbocycles. The lowest BCUT2D eigenvalue weighted by Gasteiger charge is -2.35. The standard InChI is InChI=1S/C29H38N2O3/c1-6-22-17-21(13-14-30-22)19(3)31-20(4)29(23-9-7-8-10-25(23)31)26(32)12-11-24-27(33)15-18(2)16-28(24)34-5/h7-10,16,19,21-22,30H,6,11-15,17H2,1-5H3. The Hall–Kier alpha value is -2.66. The molecule has 182 valence electrons. The van der Waals surface area contributed by atoms with E-state index < -0.39 is 0 Å². The van der Waals surface area contributed by atoms with Crippen LogP contribution in [0.2, 0.25) is 0 Å². The number of hydrogen-bond acceptors (Lipinski definition) is 4. The van der Waals surface area contributed by atoms with Crippen molar-refractivity contribution >= 4 is 22.5 Å². The molecule has 5 heteroatoms. The first-order valence-corrected chi connectivity index (χ1v) is 12.7. The summed E-state index contributed by atoms with van der Waals surface area (Å²) in [5, 5.41) is 4.65. The summed E-state index contributed by atoms with van der Waals surface area (Å²) in [6.45, 7) is 9.62. The van der Waals surface area contributed by atoms with Gasteiger partial charge in [-0.05, 0) is 71.1 Å². The summed E-state index contributed by atoms with van der Waals surface area (Å²) in [4.78, 5) is 26.2. The molecule has 0 bridgehead atoms. The molecule has 2 heterocycles. The van der Waals surface area contributed by atoms with Gasteiger partial charge in [0.05, 0.1) is 7.11 Å². The van der Waals surface area contributed by atoms with E-state index in [1.54, 1.807) is 7.11 Å². The van der Waals surface area contributed by atoms with Gasteiger partial charge in [0.25, 0.3) is 0 Å². The number of carbonyl (C=O) groups excluding carboxylic acids is 2. The van der Waals surface area contributed by atoms with E-state index in [1.165, 1.54) is 0 Å². The number of para-hydroxylation sites is 1. The van der Waals surface area contributed by atoms with E-state index in [-0.39, 0.29) is 11.6 Å². The number of nitrogens with zero attached hydrogens (tertiary/aromatic N) is 1. The molecule has 1 aromatic carbocycles. The minimum atomic E-state index is 0.0637. The molecule has 2 aliphatic rings. The molecule has 34 heavy (non-hydrogen) atoms. The minimum absolute atomic E-state index is 0.0637. The van der Waals surface area contributed by atoms with E-state index in [4.69, 9.17) is 4.74 Å². The first-order valence-electron chi connectivity index (χ1n) is 12.7. The average Bonchev–Trinajstić information content (AvgIpc) is 3.14. The Morgan fingerprint density at radius 1 is 1.26 bits per heavy atom. The molecule has 0 spiro atoms. The van der Waals surface area contributed by atoms with E-state index >= 15 is 0 Å². The SMILES string of the molecule is CCC1CC(C(C)n2c(C)c(C(=O)CCC3=C(OC)C=C(C)CC3=O)c3ccccc32)CCN1. The highest BCUT2D eigenvalue weighted by molar-refractivity contribution is 6.10. The number of allylic oxidation sites excluding steroid dienone is 3. The van der Waals surface area contributed by atoms with Crippen LogP contribution in [-0.2, 0) is 9.53 Å². The highest BCUT2D eigenvalue weighted by atomic mass is 16.5. The zero-order valence-electron chi connectivity index (χ0n) is 21.2. The van der Waals surface area contributed by atoms with E-state index in [9.17, 15) is 9.59 Å². The van der Waals surface area contributed by atoms with Crippen molar-refractivity contribution < 1.29 is 14.3 Å². The summed E-state index contributed by atoms with van der Waals surface area (Å²) in [6, 6.07) is 9.15. The van der Waals surface area contributed by atoms with Gasteiger partial charge >= 0.3 is 0 Å². The van der Waals surface area contributed by atoms with Gasteiger partial charge in [-0.1, -0.05) is 30.7 Å².